The second-order valence-electron chi connectivity index (χ2n) is 11.0. The SMILES string of the molecule is Cc1cc(Br)cc2sc(N3[C@@H]4CC[C@H]3CC(OCc3c(-c5ccccc5OC(F)(F)F)noc3C3CC3)C4)nc12. The summed E-state index contributed by atoms with van der Waals surface area (Å²) in [5, 5.41) is 5.28. The van der Waals surface area contributed by atoms with Gasteiger partial charge in [0.05, 0.1) is 22.9 Å². The molecule has 2 aromatic heterocycles. The van der Waals surface area contributed by atoms with Crippen LogP contribution in [0.5, 0.6) is 5.75 Å². The molecule has 1 saturated carbocycles. The first-order valence-electron chi connectivity index (χ1n) is 13.5. The van der Waals surface area contributed by atoms with E-state index in [0.29, 0.717) is 23.5 Å². The van der Waals surface area contributed by atoms with Gasteiger partial charge in [-0.1, -0.05) is 44.6 Å². The number of nitrogens with zero attached hydrogens (tertiary/aromatic N) is 3. The molecule has 1 unspecified atom stereocenters. The Labute approximate surface area is 241 Å². The first-order chi connectivity index (χ1) is 19.2. The number of benzene rings is 2. The maximum atomic E-state index is 13.1. The summed E-state index contributed by atoms with van der Waals surface area (Å²) in [4.78, 5) is 7.51. The first-order valence-corrected chi connectivity index (χ1v) is 15.1. The van der Waals surface area contributed by atoms with Crippen molar-refractivity contribution in [2.24, 2.45) is 0 Å². The maximum Gasteiger partial charge on any atom is 0.573 e. The molecule has 3 fully saturated rings. The van der Waals surface area contributed by atoms with E-state index >= 15 is 0 Å². The zero-order chi connectivity index (χ0) is 27.6. The Morgan fingerprint density at radius 2 is 1.85 bits per heavy atom. The predicted octanol–water partition coefficient (Wildman–Crippen LogP) is 8.51. The summed E-state index contributed by atoms with van der Waals surface area (Å²) in [6.07, 6.45) is 1.13. The van der Waals surface area contributed by atoms with Crippen LogP contribution in [0.3, 0.4) is 0 Å². The minimum absolute atomic E-state index is 0.0375. The van der Waals surface area contributed by atoms with Crippen LogP contribution < -0.4 is 9.64 Å². The van der Waals surface area contributed by atoms with Gasteiger partial charge in [0.1, 0.15) is 17.2 Å². The molecule has 3 atom stereocenters. The summed E-state index contributed by atoms with van der Waals surface area (Å²) < 4.78 is 58.1. The molecule has 0 amide bonds. The van der Waals surface area contributed by atoms with Crippen molar-refractivity contribution >= 4 is 42.6 Å². The molecule has 2 aromatic carbocycles. The van der Waals surface area contributed by atoms with Gasteiger partial charge in [-0.05, 0) is 75.3 Å². The lowest BCUT2D eigenvalue weighted by molar-refractivity contribution is -0.274. The van der Waals surface area contributed by atoms with Gasteiger partial charge in [-0.25, -0.2) is 4.98 Å². The molecule has 0 radical (unpaired) electrons. The van der Waals surface area contributed by atoms with Gasteiger partial charge in [0.15, 0.2) is 5.13 Å². The van der Waals surface area contributed by atoms with Gasteiger partial charge >= 0.3 is 6.36 Å². The van der Waals surface area contributed by atoms with Crippen molar-refractivity contribution in [3.8, 4) is 17.0 Å². The van der Waals surface area contributed by atoms with Crippen LogP contribution in [0, 0.1) is 6.92 Å². The summed E-state index contributed by atoms with van der Waals surface area (Å²) in [6, 6.07) is 11.0. The predicted molar refractivity (Wildman–Crippen MR) is 150 cm³/mol. The summed E-state index contributed by atoms with van der Waals surface area (Å²) >= 11 is 5.34. The van der Waals surface area contributed by atoms with Crippen LogP contribution in [0.25, 0.3) is 21.5 Å². The Hall–Kier alpha value is -2.63. The molecule has 0 N–H and O–H groups in total. The zero-order valence-corrected chi connectivity index (χ0v) is 24.1. The molecule has 11 heteroatoms. The van der Waals surface area contributed by atoms with Crippen molar-refractivity contribution in [1.82, 2.24) is 10.1 Å². The molecule has 7 rings (SSSR count). The topological polar surface area (TPSA) is 60.6 Å². The molecular weight excluding hydrogens is 607 g/mol. The summed E-state index contributed by atoms with van der Waals surface area (Å²) in [6.45, 7) is 2.33. The average Bonchev–Trinajstić information content (AvgIpc) is 3.41. The smallest absolute Gasteiger partial charge is 0.405 e. The third-order valence-corrected chi connectivity index (χ3v) is 9.62. The number of para-hydroxylation sites is 1. The average molecular weight is 635 g/mol. The van der Waals surface area contributed by atoms with Crippen molar-refractivity contribution in [2.75, 3.05) is 4.90 Å². The minimum atomic E-state index is -4.80. The van der Waals surface area contributed by atoms with E-state index in [1.807, 2.05) is 0 Å². The van der Waals surface area contributed by atoms with Gasteiger partial charge in [0.2, 0.25) is 0 Å². The van der Waals surface area contributed by atoms with Crippen LogP contribution in [0.2, 0.25) is 0 Å². The highest BCUT2D eigenvalue weighted by molar-refractivity contribution is 9.10. The molecular formula is C29H27BrF3N3O3S. The molecule has 4 heterocycles. The number of alkyl halides is 3. The number of thiazole rings is 1. The highest BCUT2D eigenvalue weighted by Crippen LogP contribution is 2.47. The van der Waals surface area contributed by atoms with Gasteiger partial charge in [0.25, 0.3) is 0 Å². The Balaban J connectivity index is 1.11. The molecule has 1 aliphatic carbocycles. The molecule has 40 heavy (non-hydrogen) atoms. The lowest BCUT2D eigenvalue weighted by Gasteiger charge is -2.38. The number of piperidine rings is 1. The van der Waals surface area contributed by atoms with Crippen LogP contribution in [-0.2, 0) is 11.3 Å². The first kappa shape index (κ1) is 26.3. The normalized spacial score (nSPS) is 22.8. The lowest BCUT2D eigenvalue weighted by atomic mass is 10.00. The van der Waals surface area contributed by atoms with Crippen LogP contribution in [0.15, 0.2) is 45.4 Å². The number of anilines is 1. The van der Waals surface area contributed by atoms with E-state index in [1.54, 1.807) is 23.5 Å². The summed E-state index contributed by atoms with van der Waals surface area (Å²) in [7, 11) is 0. The monoisotopic (exact) mass is 633 g/mol. The standard InChI is InChI=1S/C29H27BrF3N3O3S/c1-15-10-17(30)11-24-25(15)34-28(40-24)36-18-8-9-19(36)13-20(12-18)37-14-22-26(35-39-27(22)16-6-7-16)21-4-2-3-5-23(21)38-29(31,32)33/h2-5,10-11,16,18-20H,6-9,12-14H2,1H3/t18-,19+,20?. The van der Waals surface area contributed by atoms with Gasteiger partial charge in [-0.2, -0.15) is 0 Å². The molecule has 0 spiro atoms. The fraction of sp³-hybridized carbons (Fsp3) is 0.448. The number of fused-ring (bicyclic) bond motifs is 3. The number of hydrogen-bond donors (Lipinski definition) is 0. The van der Waals surface area contributed by atoms with Crippen LogP contribution in [-0.4, -0.2) is 34.7 Å². The largest absolute Gasteiger partial charge is 0.573 e. The minimum Gasteiger partial charge on any atom is -0.405 e. The van der Waals surface area contributed by atoms with E-state index in [4.69, 9.17) is 14.2 Å². The van der Waals surface area contributed by atoms with Crippen molar-refractivity contribution in [2.45, 2.75) is 82.5 Å². The molecule has 2 bridgehead atoms. The van der Waals surface area contributed by atoms with Crippen molar-refractivity contribution in [1.29, 1.82) is 0 Å². The Kier molecular flexibility index (Phi) is 6.59. The third kappa shape index (κ3) is 5.00. The van der Waals surface area contributed by atoms with E-state index in [2.05, 4.69) is 49.8 Å². The number of hydrogen-bond acceptors (Lipinski definition) is 7. The third-order valence-electron chi connectivity index (χ3n) is 8.15. The fourth-order valence-electron chi connectivity index (χ4n) is 6.25. The highest BCUT2D eigenvalue weighted by Gasteiger charge is 2.43. The highest BCUT2D eigenvalue weighted by atomic mass is 79.9. The van der Waals surface area contributed by atoms with Crippen LogP contribution >= 0.6 is 27.3 Å². The number of aromatic nitrogens is 2. The number of aryl methyl sites for hydroxylation is 1. The Morgan fingerprint density at radius 3 is 2.58 bits per heavy atom. The van der Waals surface area contributed by atoms with E-state index in [0.717, 1.165) is 64.8 Å². The lowest BCUT2D eigenvalue weighted by Crippen LogP contribution is -2.45. The molecule has 2 saturated heterocycles. The van der Waals surface area contributed by atoms with Gasteiger partial charge in [-0.15, -0.1) is 13.2 Å². The molecule has 3 aliphatic rings. The van der Waals surface area contributed by atoms with Crippen molar-refractivity contribution in [3.63, 3.8) is 0 Å². The molecule has 4 aromatic rings. The quantitative estimate of drug-likeness (QED) is 0.203. The molecule has 6 nitrogen and oxygen atoms in total. The van der Waals surface area contributed by atoms with Gasteiger partial charge in [0, 0.05) is 33.6 Å². The summed E-state index contributed by atoms with van der Waals surface area (Å²) in [5.41, 5.74) is 3.56. The van der Waals surface area contributed by atoms with Gasteiger partial charge in [-0.3, -0.25) is 0 Å². The van der Waals surface area contributed by atoms with E-state index in [1.165, 1.54) is 16.8 Å². The van der Waals surface area contributed by atoms with Crippen LogP contribution in [0.1, 0.15) is 61.3 Å². The number of halogens is 4. The fourth-order valence-corrected chi connectivity index (χ4v) is 8.20. The molecule has 210 valence electrons. The number of rotatable bonds is 7. The Morgan fingerprint density at radius 1 is 1.10 bits per heavy atom. The summed E-state index contributed by atoms with van der Waals surface area (Å²) in [5.74, 6) is 0.653. The Bertz CT molecular complexity index is 1550. The van der Waals surface area contributed by atoms with E-state index < -0.39 is 6.36 Å². The van der Waals surface area contributed by atoms with Gasteiger partial charge < -0.3 is 18.9 Å². The van der Waals surface area contributed by atoms with Crippen molar-refractivity contribution in [3.05, 3.63) is 57.8 Å². The second kappa shape index (κ2) is 10.0. The van der Waals surface area contributed by atoms with Crippen molar-refractivity contribution < 1.29 is 27.2 Å². The van der Waals surface area contributed by atoms with Crippen LogP contribution in [0.4, 0.5) is 18.3 Å². The van der Waals surface area contributed by atoms with E-state index in [-0.39, 0.29) is 29.9 Å². The maximum absolute atomic E-state index is 13.1. The molecule has 2 aliphatic heterocycles. The van der Waals surface area contributed by atoms with E-state index in [9.17, 15) is 13.2 Å². The number of ether oxygens (including phenoxy) is 2. The second-order valence-corrected chi connectivity index (χ2v) is 12.9. The zero-order valence-electron chi connectivity index (χ0n) is 21.7.